The molecule has 0 radical (unpaired) electrons. The minimum atomic E-state index is -0.518. The summed E-state index contributed by atoms with van der Waals surface area (Å²) in [6, 6.07) is 7.19. The van der Waals surface area contributed by atoms with Crippen LogP contribution >= 0.6 is 0 Å². The largest absolute Gasteiger partial charge is 0.483 e. The Balaban J connectivity index is 2.75. The van der Waals surface area contributed by atoms with Gasteiger partial charge in [0.25, 0.3) is 5.91 Å². The van der Waals surface area contributed by atoms with Crippen LogP contribution < -0.4 is 10.5 Å². The second-order valence-electron chi connectivity index (χ2n) is 2.97. The Labute approximate surface area is 94.1 Å². The summed E-state index contributed by atoms with van der Waals surface area (Å²) in [5, 5.41) is 0. The fourth-order valence-corrected chi connectivity index (χ4v) is 1.06. The molecule has 4 heteroatoms. The van der Waals surface area contributed by atoms with E-state index in [-0.39, 0.29) is 6.61 Å². The highest BCUT2D eigenvalue weighted by Gasteiger charge is 2.01. The number of para-hydroxylation sites is 1. The zero-order chi connectivity index (χ0) is 11.8. The van der Waals surface area contributed by atoms with Gasteiger partial charge in [0.2, 0.25) is 0 Å². The topological polar surface area (TPSA) is 64.7 Å². The normalized spacial score (nSPS) is 9.94. The highest BCUT2D eigenvalue weighted by atomic mass is 16.5. The van der Waals surface area contributed by atoms with Crippen LogP contribution in [0.15, 0.2) is 29.3 Å². The van der Waals surface area contributed by atoms with E-state index < -0.39 is 5.91 Å². The van der Waals surface area contributed by atoms with Gasteiger partial charge in [0.1, 0.15) is 5.75 Å². The van der Waals surface area contributed by atoms with Crippen molar-refractivity contribution in [1.29, 1.82) is 0 Å². The number of benzene rings is 1. The van der Waals surface area contributed by atoms with Gasteiger partial charge in [0.05, 0.1) is 6.54 Å². The van der Waals surface area contributed by atoms with E-state index in [2.05, 4.69) is 10.9 Å². The van der Waals surface area contributed by atoms with Gasteiger partial charge in [-0.1, -0.05) is 18.1 Å². The summed E-state index contributed by atoms with van der Waals surface area (Å²) in [5.74, 6) is 2.43. The van der Waals surface area contributed by atoms with Crippen molar-refractivity contribution in [2.75, 3.05) is 13.2 Å². The van der Waals surface area contributed by atoms with Crippen molar-refractivity contribution in [2.24, 2.45) is 10.7 Å². The molecule has 4 nitrogen and oxygen atoms in total. The predicted octanol–water partition coefficient (Wildman–Crippen LogP) is 0.603. The van der Waals surface area contributed by atoms with E-state index in [0.29, 0.717) is 12.3 Å². The Morgan fingerprint density at radius 1 is 1.56 bits per heavy atom. The molecule has 0 bridgehead atoms. The first-order chi connectivity index (χ1) is 7.74. The molecule has 16 heavy (non-hydrogen) atoms. The lowest BCUT2D eigenvalue weighted by molar-refractivity contribution is -0.119. The number of carbonyl (C=O) groups is 1. The maximum atomic E-state index is 10.6. The molecule has 1 rings (SSSR count). The van der Waals surface area contributed by atoms with Crippen LogP contribution in [0.1, 0.15) is 5.56 Å². The number of carbonyl (C=O) groups excluding carboxylic acids is 1. The van der Waals surface area contributed by atoms with Crippen LogP contribution in [0.3, 0.4) is 0 Å². The van der Waals surface area contributed by atoms with E-state index in [1.54, 1.807) is 18.3 Å². The van der Waals surface area contributed by atoms with Gasteiger partial charge in [0, 0.05) is 11.8 Å². The van der Waals surface area contributed by atoms with Crippen molar-refractivity contribution in [3.8, 4) is 18.1 Å². The Morgan fingerprint density at radius 3 is 3.00 bits per heavy atom. The van der Waals surface area contributed by atoms with Crippen LogP contribution in [0.5, 0.6) is 5.75 Å². The molecule has 1 aromatic carbocycles. The van der Waals surface area contributed by atoms with Crippen LogP contribution in [0.4, 0.5) is 0 Å². The van der Waals surface area contributed by atoms with Crippen LogP contribution in [0.25, 0.3) is 0 Å². The van der Waals surface area contributed by atoms with Crippen molar-refractivity contribution >= 4 is 12.1 Å². The maximum Gasteiger partial charge on any atom is 0.255 e. The number of ether oxygens (including phenoxy) is 1. The zero-order valence-electron chi connectivity index (χ0n) is 8.72. The van der Waals surface area contributed by atoms with Gasteiger partial charge in [-0.15, -0.1) is 6.42 Å². The quantitative estimate of drug-likeness (QED) is 0.578. The molecule has 0 saturated carbocycles. The fourth-order valence-electron chi connectivity index (χ4n) is 1.06. The molecule has 1 aromatic rings. The third-order valence-electron chi connectivity index (χ3n) is 1.70. The number of hydrogen-bond acceptors (Lipinski definition) is 3. The first-order valence-corrected chi connectivity index (χ1v) is 4.67. The predicted molar refractivity (Wildman–Crippen MR) is 62.4 cm³/mol. The highest BCUT2D eigenvalue weighted by molar-refractivity contribution is 5.84. The average molecular weight is 216 g/mol. The van der Waals surface area contributed by atoms with Gasteiger partial charge >= 0.3 is 0 Å². The monoisotopic (exact) mass is 216 g/mol. The Bertz CT molecular complexity index is 433. The SMILES string of the molecule is C#CCN=Cc1ccccc1OCC(N)=O. The van der Waals surface area contributed by atoms with Crippen molar-refractivity contribution in [1.82, 2.24) is 0 Å². The number of nitrogens with two attached hydrogens (primary N) is 1. The Morgan fingerprint density at radius 2 is 2.31 bits per heavy atom. The van der Waals surface area contributed by atoms with E-state index in [9.17, 15) is 4.79 Å². The van der Waals surface area contributed by atoms with E-state index in [1.165, 1.54) is 0 Å². The third kappa shape index (κ3) is 3.84. The van der Waals surface area contributed by atoms with Gasteiger partial charge in [-0.3, -0.25) is 9.79 Å². The first kappa shape index (κ1) is 11.8. The highest BCUT2D eigenvalue weighted by Crippen LogP contribution is 2.15. The molecule has 0 saturated heterocycles. The second kappa shape index (κ2) is 6.25. The van der Waals surface area contributed by atoms with Gasteiger partial charge in [-0.2, -0.15) is 0 Å². The first-order valence-electron chi connectivity index (χ1n) is 4.67. The minimum Gasteiger partial charge on any atom is -0.483 e. The molecular weight excluding hydrogens is 204 g/mol. The Hall–Kier alpha value is -2.28. The number of hydrogen-bond donors (Lipinski definition) is 1. The molecule has 0 atom stereocenters. The molecule has 0 unspecified atom stereocenters. The van der Waals surface area contributed by atoms with Crippen LogP contribution in [0, 0.1) is 12.3 Å². The lowest BCUT2D eigenvalue weighted by atomic mass is 10.2. The summed E-state index contributed by atoms with van der Waals surface area (Å²) in [6.45, 7) is 0.157. The van der Waals surface area contributed by atoms with Gasteiger partial charge in [-0.05, 0) is 12.1 Å². The maximum absolute atomic E-state index is 10.6. The fraction of sp³-hybridized carbons (Fsp3) is 0.167. The number of primary amides is 1. The molecule has 1 amide bonds. The number of nitrogens with zero attached hydrogens (tertiary/aromatic N) is 1. The van der Waals surface area contributed by atoms with E-state index >= 15 is 0 Å². The van der Waals surface area contributed by atoms with Crippen molar-refractivity contribution < 1.29 is 9.53 Å². The zero-order valence-corrected chi connectivity index (χ0v) is 8.72. The third-order valence-corrected chi connectivity index (χ3v) is 1.70. The average Bonchev–Trinajstić information content (AvgIpc) is 2.28. The van der Waals surface area contributed by atoms with Crippen molar-refractivity contribution in [3.63, 3.8) is 0 Å². The summed E-state index contributed by atoms with van der Waals surface area (Å²) >= 11 is 0. The van der Waals surface area contributed by atoms with Crippen LogP contribution in [-0.4, -0.2) is 25.3 Å². The molecule has 0 fully saturated rings. The summed E-state index contributed by atoms with van der Waals surface area (Å²) in [4.78, 5) is 14.6. The minimum absolute atomic E-state index is 0.153. The van der Waals surface area contributed by atoms with Crippen molar-refractivity contribution in [2.45, 2.75) is 0 Å². The summed E-state index contributed by atoms with van der Waals surface area (Å²) in [5.41, 5.74) is 5.75. The number of aliphatic imine (C=N–C) groups is 1. The standard InChI is InChI=1S/C12H12N2O2/c1-2-7-14-8-10-5-3-4-6-11(10)16-9-12(13)15/h1,3-6,8H,7,9H2,(H2,13,15). The van der Waals surface area contributed by atoms with E-state index in [4.69, 9.17) is 16.9 Å². The Kier molecular flexibility index (Phi) is 4.61. The molecule has 0 heterocycles. The summed E-state index contributed by atoms with van der Waals surface area (Å²) in [7, 11) is 0. The van der Waals surface area contributed by atoms with Gasteiger partial charge in [-0.25, -0.2) is 0 Å². The van der Waals surface area contributed by atoms with E-state index in [0.717, 1.165) is 5.56 Å². The van der Waals surface area contributed by atoms with Crippen LogP contribution in [0.2, 0.25) is 0 Å². The molecule has 0 spiro atoms. The smallest absolute Gasteiger partial charge is 0.255 e. The number of terminal acetylenes is 1. The molecule has 0 aromatic heterocycles. The summed E-state index contributed by atoms with van der Waals surface area (Å²) < 4.78 is 5.21. The van der Waals surface area contributed by atoms with Crippen molar-refractivity contribution in [3.05, 3.63) is 29.8 Å². The lowest BCUT2D eigenvalue weighted by Crippen LogP contribution is -2.20. The molecule has 0 aliphatic rings. The molecule has 0 aliphatic carbocycles. The van der Waals surface area contributed by atoms with Gasteiger partial charge in [0.15, 0.2) is 6.61 Å². The lowest BCUT2D eigenvalue weighted by Gasteiger charge is -2.06. The second-order valence-corrected chi connectivity index (χ2v) is 2.97. The van der Waals surface area contributed by atoms with E-state index in [1.807, 2.05) is 12.1 Å². The number of amides is 1. The molecule has 2 N–H and O–H groups in total. The van der Waals surface area contributed by atoms with Crippen LogP contribution in [-0.2, 0) is 4.79 Å². The molecule has 0 aliphatic heterocycles. The summed E-state index contributed by atoms with van der Waals surface area (Å²) in [6.07, 6.45) is 6.68. The number of rotatable bonds is 5. The molecule has 82 valence electrons. The van der Waals surface area contributed by atoms with Gasteiger partial charge < -0.3 is 10.5 Å². The molecular formula is C12H12N2O2.